The molecular formula is C17H16O3. The van der Waals surface area contributed by atoms with Crippen LogP contribution in [0.1, 0.15) is 5.56 Å². The van der Waals surface area contributed by atoms with Crippen molar-refractivity contribution < 1.29 is 14.3 Å². The number of benzene rings is 2. The summed E-state index contributed by atoms with van der Waals surface area (Å²) in [6.45, 7) is 7.57. The summed E-state index contributed by atoms with van der Waals surface area (Å²) in [5.41, 5.74) is 1.10. The standard InChI is InChI=1S/C17H16O3/c1-3-11-19-12-20-17(18)13(2)15-10-6-8-14-7-4-5-9-16(14)15/h3-10H,1-2,11-12H2. The predicted octanol–water partition coefficient (Wildman–Crippen LogP) is 3.56. The molecule has 0 aromatic heterocycles. The van der Waals surface area contributed by atoms with Crippen LogP contribution in [0.4, 0.5) is 0 Å². The molecule has 0 radical (unpaired) electrons. The average Bonchev–Trinajstić information content (AvgIpc) is 2.50. The molecule has 2 rings (SSSR count). The molecule has 0 aliphatic carbocycles. The van der Waals surface area contributed by atoms with Crippen LogP contribution in [0.5, 0.6) is 0 Å². The van der Waals surface area contributed by atoms with Gasteiger partial charge in [-0.3, -0.25) is 0 Å². The molecule has 20 heavy (non-hydrogen) atoms. The molecule has 0 atom stereocenters. The number of ether oxygens (including phenoxy) is 2. The molecule has 0 fully saturated rings. The van der Waals surface area contributed by atoms with Crippen LogP contribution in [0.2, 0.25) is 0 Å². The van der Waals surface area contributed by atoms with Gasteiger partial charge in [-0.15, -0.1) is 6.58 Å². The van der Waals surface area contributed by atoms with Crippen LogP contribution in [-0.4, -0.2) is 19.4 Å². The van der Waals surface area contributed by atoms with Crippen molar-refractivity contribution in [3.63, 3.8) is 0 Å². The molecule has 102 valence electrons. The SMILES string of the molecule is C=CCOCOC(=O)C(=C)c1cccc2ccccc12. The highest BCUT2D eigenvalue weighted by Gasteiger charge is 2.13. The van der Waals surface area contributed by atoms with Crippen LogP contribution < -0.4 is 0 Å². The molecule has 0 saturated carbocycles. The van der Waals surface area contributed by atoms with Gasteiger partial charge in [-0.1, -0.05) is 55.1 Å². The molecule has 2 aromatic rings. The third-order valence-electron chi connectivity index (χ3n) is 2.87. The summed E-state index contributed by atoms with van der Waals surface area (Å²) < 4.78 is 10.0. The molecule has 0 bridgehead atoms. The lowest BCUT2D eigenvalue weighted by Gasteiger charge is -2.09. The normalized spacial score (nSPS) is 10.2. The highest BCUT2D eigenvalue weighted by atomic mass is 16.7. The summed E-state index contributed by atoms with van der Waals surface area (Å²) in [4.78, 5) is 11.9. The number of carbonyl (C=O) groups is 1. The quantitative estimate of drug-likeness (QED) is 0.264. The fourth-order valence-electron chi connectivity index (χ4n) is 1.91. The van der Waals surface area contributed by atoms with Gasteiger partial charge in [-0.25, -0.2) is 4.79 Å². The van der Waals surface area contributed by atoms with Crippen LogP contribution in [0.3, 0.4) is 0 Å². The van der Waals surface area contributed by atoms with Gasteiger partial charge in [0.2, 0.25) is 0 Å². The van der Waals surface area contributed by atoms with E-state index < -0.39 is 5.97 Å². The van der Waals surface area contributed by atoms with Gasteiger partial charge in [0.25, 0.3) is 0 Å². The minimum atomic E-state index is -0.481. The second-order valence-electron chi connectivity index (χ2n) is 4.21. The molecule has 3 heteroatoms. The molecule has 0 spiro atoms. The summed E-state index contributed by atoms with van der Waals surface area (Å²) in [5, 5.41) is 2.03. The van der Waals surface area contributed by atoms with Crippen molar-refractivity contribution in [3.05, 3.63) is 67.3 Å². The number of hydrogen-bond acceptors (Lipinski definition) is 3. The van der Waals surface area contributed by atoms with E-state index in [1.807, 2.05) is 42.5 Å². The van der Waals surface area contributed by atoms with Crippen LogP contribution in [0.25, 0.3) is 16.3 Å². The molecule has 0 aliphatic rings. The zero-order valence-electron chi connectivity index (χ0n) is 11.2. The zero-order valence-corrected chi connectivity index (χ0v) is 11.2. The zero-order chi connectivity index (χ0) is 14.4. The van der Waals surface area contributed by atoms with E-state index in [0.29, 0.717) is 12.2 Å². The van der Waals surface area contributed by atoms with Gasteiger partial charge in [0.1, 0.15) is 0 Å². The topological polar surface area (TPSA) is 35.5 Å². The lowest BCUT2D eigenvalue weighted by Crippen LogP contribution is -2.10. The van der Waals surface area contributed by atoms with E-state index in [2.05, 4.69) is 13.2 Å². The summed E-state index contributed by atoms with van der Waals surface area (Å²) in [6.07, 6.45) is 1.59. The van der Waals surface area contributed by atoms with Crippen molar-refractivity contribution in [2.45, 2.75) is 0 Å². The molecule has 0 N–H and O–H groups in total. The number of rotatable bonds is 6. The number of fused-ring (bicyclic) bond motifs is 1. The molecule has 2 aromatic carbocycles. The van der Waals surface area contributed by atoms with Gasteiger partial charge in [-0.2, -0.15) is 0 Å². The van der Waals surface area contributed by atoms with Gasteiger partial charge in [-0.05, 0) is 16.3 Å². The summed E-state index contributed by atoms with van der Waals surface area (Å²) in [5.74, 6) is -0.481. The molecule has 0 heterocycles. The first kappa shape index (κ1) is 14.0. The first-order valence-corrected chi connectivity index (χ1v) is 6.27. The minimum Gasteiger partial charge on any atom is -0.435 e. The van der Waals surface area contributed by atoms with Gasteiger partial charge in [0, 0.05) is 0 Å². The Balaban J connectivity index is 2.15. The largest absolute Gasteiger partial charge is 0.435 e. The maximum absolute atomic E-state index is 11.9. The van der Waals surface area contributed by atoms with Crippen molar-refractivity contribution >= 4 is 22.3 Å². The summed E-state index contributed by atoms with van der Waals surface area (Å²) in [6, 6.07) is 13.6. The van der Waals surface area contributed by atoms with Crippen LogP contribution in [0, 0.1) is 0 Å². The minimum absolute atomic E-state index is 0.103. The Morgan fingerprint density at radius 2 is 1.90 bits per heavy atom. The molecule has 0 aliphatic heterocycles. The highest BCUT2D eigenvalue weighted by molar-refractivity contribution is 6.19. The van der Waals surface area contributed by atoms with Crippen molar-refractivity contribution in [1.82, 2.24) is 0 Å². The summed E-state index contributed by atoms with van der Waals surface area (Å²) in [7, 11) is 0. The van der Waals surface area contributed by atoms with Gasteiger partial charge in [0.05, 0.1) is 12.2 Å². The Kier molecular flexibility index (Phi) is 4.69. The van der Waals surface area contributed by atoms with Crippen molar-refractivity contribution in [2.75, 3.05) is 13.4 Å². The Hall–Kier alpha value is -2.39. The van der Waals surface area contributed by atoms with Gasteiger partial charge < -0.3 is 9.47 Å². The summed E-state index contributed by atoms with van der Waals surface area (Å²) >= 11 is 0. The van der Waals surface area contributed by atoms with Gasteiger partial charge in [0.15, 0.2) is 6.79 Å². The van der Waals surface area contributed by atoms with Crippen molar-refractivity contribution in [2.24, 2.45) is 0 Å². The van der Waals surface area contributed by atoms with E-state index in [1.165, 1.54) is 0 Å². The molecule has 0 unspecified atom stereocenters. The molecule has 0 amide bonds. The Morgan fingerprint density at radius 1 is 1.15 bits per heavy atom. The smallest absolute Gasteiger partial charge is 0.340 e. The Labute approximate surface area is 118 Å². The second kappa shape index (κ2) is 6.68. The third kappa shape index (κ3) is 3.13. The number of carbonyl (C=O) groups excluding carboxylic acids is 1. The fraction of sp³-hybridized carbons (Fsp3) is 0.118. The van der Waals surface area contributed by atoms with Crippen molar-refractivity contribution in [3.8, 4) is 0 Å². The molecule has 0 saturated heterocycles. The monoisotopic (exact) mass is 268 g/mol. The van der Waals surface area contributed by atoms with E-state index in [-0.39, 0.29) is 6.79 Å². The molecule has 3 nitrogen and oxygen atoms in total. The number of hydrogen-bond donors (Lipinski definition) is 0. The van der Waals surface area contributed by atoms with Crippen LogP contribution in [-0.2, 0) is 14.3 Å². The van der Waals surface area contributed by atoms with E-state index in [1.54, 1.807) is 6.08 Å². The second-order valence-corrected chi connectivity index (χ2v) is 4.21. The van der Waals surface area contributed by atoms with Crippen LogP contribution >= 0.6 is 0 Å². The van der Waals surface area contributed by atoms with Crippen molar-refractivity contribution in [1.29, 1.82) is 0 Å². The lowest BCUT2D eigenvalue weighted by molar-refractivity contribution is -0.147. The Morgan fingerprint density at radius 3 is 2.70 bits per heavy atom. The van der Waals surface area contributed by atoms with Gasteiger partial charge >= 0.3 is 5.97 Å². The van der Waals surface area contributed by atoms with E-state index >= 15 is 0 Å². The highest BCUT2D eigenvalue weighted by Crippen LogP contribution is 2.24. The van der Waals surface area contributed by atoms with E-state index in [9.17, 15) is 4.79 Å². The number of esters is 1. The first-order valence-electron chi connectivity index (χ1n) is 6.27. The fourth-order valence-corrected chi connectivity index (χ4v) is 1.91. The maximum Gasteiger partial charge on any atom is 0.340 e. The molecular weight excluding hydrogens is 252 g/mol. The third-order valence-corrected chi connectivity index (χ3v) is 2.87. The van der Waals surface area contributed by atoms with E-state index in [4.69, 9.17) is 9.47 Å². The predicted molar refractivity (Wildman–Crippen MR) is 80.1 cm³/mol. The maximum atomic E-state index is 11.9. The van der Waals surface area contributed by atoms with Crippen LogP contribution in [0.15, 0.2) is 61.7 Å². The Bertz CT molecular complexity index is 638. The first-order chi connectivity index (χ1) is 9.74. The lowest BCUT2D eigenvalue weighted by atomic mass is 9.99. The van der Waals surface area contributed by atoms with E-state index in [0.717, 1.165) is 16.3 Å². The average molecular weight is 268 g/mol.